The molecule has 3 aliphatic heterocycles. The lowest BCUT2D eigenvalue weighted by atomic mass is 10.1. The van der Waals surface area contributed by atoms with Crippen LogP contribution in [0.5, 0.6) is 0 Å². The maximum atomic E-state index is 13.0. The highest BCUT2D eigenvalue weighted by Gasteiger charge is 2.50. The largest absolute Gasteiger partial charge is 0.333 e. The predicted octanol–water partition coefficient (Wildman–Crippen LogP) is 2.93. The summed E-state index contributed by atoms with van der Waals surface area (Å²) in [4.78, 5) is 31.5. The third-order valence-corrected chi connectivity index (χ3v) is 7.10. The Hall–Kier alpha value is -1.81. The number of carbonyl (C=O) groups excluding carboxylic acids is 2. The molecule has 8 heteroatoms. The van der Waals surface area contributed by atoms with Crippen molar-refractivity contribution in [3.63, 3.8) is 0 Å². The molecule has 4 atom stereocenters. The first kappa shape index (κ1) is 20.5. The van der Waals surface area contributed by atoms with E-state index in [2.05, 4.69) is 11.0 Å². The smallest absolute Gasteiger partial charge is 0.240 e. The van der Waals surface area contributed by atoms with E-state index in [9.17, 15) is 14.9 Å². The highest BCUT2D eigenvalue weighted by molar-refractivity contribution is 6.36. The molecule has 1 aromatic carbocycles. The van der Waals surface area contributed by atoms with Gasteiger partial charge in [0.25, 0.3) is 0 Å². The topological polar surface area (TPSA) is 67.7 Å². The number of nitrogens with zero attached hydrogens (tertiary/aromatic N) is 4. The molecule has 3 fully saturated rings. The first-order valence-corrected chi connectivity index (χ1v) is 10.8. The second kappa shape index (κ2) is 8.14. The van der Waals surface area contributed by atoms with Gasteiger partial charge in [-0.05, 0) is 31.4 Å². The van der Waals surface area contributed by atoms with E-state index in [1.54, 1.807) is 23.1 Å². The number of likely N-dealkylation sites (tertiary alicyclic amines) is 3. The van der Waals surface area contributed by atoms with E-state index in [1.807, 2.05) is 11.8 Å². The number of hydrogen-bond acceptors (Lipinski definition) is 4. The van der Waals surface area contributed by atoms with E-state index in [4.69, 9.17) is 23.2 Å². The number of piperazine rings is 1. The van der Waals surface area contributed by atoms with Gasteiger partial charge in [0, 0.05) is 53.7 Å². The van der Waals surface area contributed by atoms with Gasteiger partial charge in [0.15, 0.2) is 0 Å². The van der Waals surface area contributed by atoms with Crippen LogP contribution in [0, 0.1) is 17.2 Å². The van der Waals surface area contributed by atoms with E-state index >= 15 is 0 Å². The van der Waals surface area contributed by atoms with Gasteiger partial charge in [-0.3, -0.25) is 14.5 Å². The van der Waals surface area contributed by atoms with Crippen LogP contribution >= 0.6 is 23.2 Å². The van der Waals surface area contributed by atoms with Crippen LogP contribution in [0.2, 0.25) is 10.0 Å². The maximum Gasteiger partial charge on any atom is 0.240 e. The first-order chi connectivity index (χ1) is 13.9. The van der Waals surface area contributed by atoms with E-state index in [0.29, 0.717) is 29.7 Å². The Labute approximate surface area is 180 Å². The van der Waals surface area contributed by atoms with Crippen LogP contribution in [0.3, 0.4) is 0 Å². The molecule has 154 valence electrons. The molecular weight excluding hydrogens is 411 g/mol. The van der Waals surface area contributed by atoms with Gasteiger partial charge in [0.1, 0.15) is 6.04 Å². The lowest BCUT2D eigenvalue weighted by molar-refractivity contribution is -0.140. The Morgan fingerprint density at radius 1 is 1.34 bits per heavy atom. The Balaban J connectivity index is 1.39. The molecule has 0 radical (unpaired) electrons. The molecule has 3 saturated heterocycles. The average Bonchev–Trinajstić information content (AvgIpc) is 3.39. The summed E-state index contributed by atoms with van der Waals surface area (Å²) in [6.45, 7) is 4.25. The standard InChI is InChI=1S/C21H24Cl2N4O2/c1-13(20(28)26-7-3-4-14(26)9-24)10-25-11-15-8-19(25)21(29)27(15)12-16-17(22)5-2-6-18(16)23/h2,5-6,13-15,19H,3-4,7-8,10-12H2,1H3/t13-,14-,15-,19-/m0/s1. The van der Waals surface area contributed by atoms with E-state index in [0.717, 1.165) is 31.4 Å². The Morgan fingerprint density at radius 2 is 2.07 bits per heavy atom. The number of rotatable bonds is 5. The van der Waals surface area contributed by atoms with Gasteiger partial charge in [-0.2, -0.15) is 5.26 Å². The summed E-state index contributed by atoms with van der Waals surface area (Å²) < 4.78 is 0. The van der Waals surface area contributed by atoms with Crippen molar-refractivity contribution in [1.29, 1.82) is 5.26 Å². The zero-order valence-electron chi connectivity index (χ0n) is 16.4. The minimum Gasteiger partial charge on any atom is -0.333 e. The molecule has 4 rings (SSSR count). The Bertz CT molecular complexity index is 850. The van der Waals surface area contributed by atoms with Crippen molar-refractivity contribution in [1.82, 2.24) is 14.7 Å². The zero-order valence-corrected chi connectivity index (χ0v) is 17.9. The number of benzene rings is 1. The number of nitriles is 1. The molecule has 2 amide bonds. The first-order valence-electron chi connectivity index (χ1n) is 10.1. The van der Waals surface area contributed by atoms with Crippen molar-refractivity contribution in [2.75, 3.05) is 19.6 Å². The molecule has 0 aromatic heterocycles. The van der Waals surface area contributed by atoms with Crippen molar-refractivity contribution < 1.29 is 9.59 Å². The summed E-state index contributed by atoms with van der Waals surface area (Å²) in [5, 5.41) is 10.4. The maximum absolute atomic E-state index is 13.0. The van der Waals surface area contributed by atoms with Crippen LogP contribution in [0.1, 0.15) is 31.7 Å². The summed E-state index contributed by atoms with van der Waals surface area (Å²) in [6, 6.07) is 7.20. The molecule has 29 heavy (non-hydrogen) atoms. The highest BCUT2D eigenvalue weighted by Crippen LogP contribution is 2.36. The van der Waals surface area contributed by atoms with Gasteiger partial charge in [0.2, 0.25) is 11.8 Å². The van der Waals surface area contributed by atoms with Crippen LogP contribution in [-0.4, -0.2) is 64.3 Å². The molecule has 0 saturated carbocycles. The van der Waals surface area contributed by atoms with Crippen LogP contribution < -0.4 is 0 Å². The lowest BCUT2D eigenvalue weighted by Crippen LogP contribution is -2.52. The normalized spacial score (nSPS) is 27.5. The number of carbonyl (C=O) groups is 2. The van der Waals surface area contributed by atoms with Gasteiger partial charge in [0.05, 0.1) is 12.1 Å². The van der Waals surface area contributed by atoms with Crippen LogP contribution in [0.4, 0.5) is 0 Å². The summed E-state index contributed by atoms with van der Waals surface area (Å²) in [5.41, 5.74) is 0.781. The molecule has 0 spiro atoms. The molecule has 0 unspecified atom stereocenters. The van der Waals surface area contributed by atoms with E-state index in [-0.39, 0.29) is 35.9 Å². The molecular formula is C21H24Cl2N4O2. The van der Waals surface area contributed by atoms with Crippen molar-refractivity contribution in [2.45, 2.75) is 50.9 Å². The fraction of sp³-hybridized carbons (Fsp3) is 0.571. The van der Waals surface area contributed by atoms with Gasteiger partial charge < -0.3 is 9.80 Å². The molecule has 3 aliphatic rings. The third-order valence-electron chi connectivity index (χ3n) is 6.40. The number of fused-ring (bicyclic) bond motifs is 2. The molecule has 3 heterocycles. The summed E-state index contributed by atoms with van der Waals surface area (Å²) in [7, 11) is 0. The van der Waals surface area contributed by atoms with Gasteiger partial charge >= 0.3 is 0 Å². The minimum absolute atomic E-state index is 0.0176. The van der Waals surface area contributed by atoms with Crippen molar-refractivity contribution in [2.24, 2.45) is 5.92 Å². The average molecular weight is 435 g/mol. The number of halogens is 2. The molecule has 1 aromatic rings. The van der Waals surface area contributed by atoms with Crippen LogP contribution in [0.15, 0.2) is 18.2 Å². The number of amides is 2. The Kier molecular flexibility index (Phi) is 5.74. The minimum atomic E-state index is -0.308. The molecule has 6 nitrogen and oxygen atoms in total. The van der Waals surface area contributed by atoms with Gasteiger partial charge in [-0.15, -0.1) is 0 Å². The third kappa shape index (κ3) is 3.72. The second-order valence-electron chi connectivity index (χ2n) is 8.25. The molecule has 2 bridgehead atoms. The zero-order chi connectivity index (χ0) is 20.7. The van der Waals surface area contributed by atoms with Gasteiger partial charge in [-0.25, -0.2) is 0 Å². The van der Waals surface area contributed by atoms with Crippen molar-refractivity contribution in [3.8, 4) is 6.07 Å². The summed E-state index contributed by atoms with van der Waals surface area (Å²) in [6.07, 6.45) is 2.40. The van der Waals surface area contributed by atoms with Crippen LogP contribution in [0.25, 0.3) is 0 Å². The van der Waals surface area contributed by atoms with E-state index < -0.39 is 0 Å². The second-order valence-corrected chi connectivity index (χ2v) is 9.06. The lowest BCUT2D eigenvalue weighted by Gasteiger charge is -2.35. The summed E-state index contributed by atoms with van der Waals surface area (Å²) in [5.74, 6) is -0.139. The molecule has 0 aliphatic carbocycles. The Morgan fingerprint density at radius 3 is 2.72 bits per heavy atom. The van der Waals surface area contributed by atoms with E-state index in [1.165, 1.54) is 0 Å². The summed E-state index contributed by atoms with van der Waals surface area (Å²) >= 11 is 12.6. The monoisotopic (exact) mass is 434 g/mol. The predicted molar refractivity (Wildman–Crippen MR) is 110 cm³/mol. The SMILES string of the molecule is C[C@@H](CN1C[C@@H]2C[C@H]1C(=O)N2Cc1c(Cl)cccc1Cl)C(=O)N1CCC[C@H]1C#N. The van der Waals surface area contributed by atoms with Crippen molar-refractivity contribution in [3.05, 3.63) is 33.8 Å². The fourth-order valence-corrected chi connectivity index (χ4v) is 5.39. The molecule has 0 N–H and O–H groups in total. The van der Waals surface area contributed by atoms with Crippen molar-refractivity contribution >= 4 is 35.0 Å². The highest BCUT2D eigenvalue weighted by atomic mass is 35.5. The quantitative estimate of drug-likeness (QED) is 0.714. The van der Waals surface area contributed by atoms with Crippen LogP contribution in [-0.2, 0) is 16.1 Å². The number of hydrogen-bond donors (Lipinski definition) is 0. The fourth-order valence-electron chi connectivity index (χ4n) is 4.87. The van der Waals surface area contributed by atoms with Gasteiger partial charge in [-0.1, -0.05) is 36.2 Å².